The summed E-state index contributed by atoms with van der Waals surface area (Å²) in [5, 5.41) is 11.7. The zero-order chi connectivity index (χ0) is 30.2. The number of anilines is 2. The van der Waals surface area contributed by atoms with Crippen LogP contribution in [0.3, 0.4) is 0 Å². The number of benzene rings is 1. The molecule has 3 aromatic rings. The van der Waals surface area contributed by atoms with E-state index in [2.05, 4.69) is 15.3 Å². The van der Waals surface area contributed by atoms with Gasteiger partial charge in [0.15, 0.2) is 6.04 Å². The lowest BCUT2D eigenvalue weighted by Crippen LogP contribution is -2.56. The summed E-state index contributed by atoms with van der Waals surface area (Å²) in [5.41, 5.74) is -0.442. The lowest BCUT2D eigenvalue weighted by atomic mass is 9.88. The van der Waals surface area contributed by atoms with Crippen molar-refractivity contribution < 1.29 is 31.9 Å². The highest BCUT2D eigenvalue weighted by Gasteiger charge is 2.49. The fraction of sp³-hybridized carbons (Fsp3) is 0.286. The second-order valence-electron chi connectivity index (χ2n) is 9.91. The minimum absolute atomic E-state index is 0.0196. The van der Waals surface area contributed by atoms with Crippen LogP contribution < -0.4 is 15.1 Å². The summed E-state index contributed by atoms with van der Waals surface area (Å²) >= 11 is 6.38. The van der Waals surface area contributed by atoms with Crippen LogP contribution in [-0.2, 0) is 14.4 Å². The number of nitrogens with zero attached hydrogens (tertiary/aromatic N) is 5. The van der Waals surface area contributed by atoms with Gasteiger partial charge in [-0.05, 0) is 42.8 Å². The first-order valence-electron chi connectivity index (χ1n) is 12.7. The molecule has 1 aromatic carbocycles. The van der Waals surface area contributed by atoms with Crippen molar-refractivity contribution in [3.63, 3.8) is 0 Å². The first-order chi connectivity index (χ1) is 20.0. The average molecular weight is 601 g/mol. The van der Waals surface area contributed by atoms with Crippen LogP contribution in [-0.4, -0.2) is 45.7 Å². The number of amides is 3. The second-order valence-corrected chi connectivity index (χ2v) is 10.3. The molecule has 0 unspecified atom stereocenters. The van der Waals surface area contributed by atoms with Crippen LogP contribution >= 0.6 is 11.6 Å². The van der Waals surface area contributed by atoms with Crippen LogP contribution in [0, 0.1) is 23.0 Å². The molecule has 1 saturated heterocycles. The van der Waals surface area contributed by atoms with E-state index in [9.17, 15) is 37.2 Å². The number of hydrogen-bond acceptors (Lipinski definition) is 6. The Kier molecular flexibility index (Phi) is 7.83. The van der Waals surface area contributed by atoms with Gasteiger partial charge in [-0.2, -0.15) is 5.26 Å². The largest absolute Gasteiger partial charge is 0.351 e. The van der Waals surface area contributed by atoms with Gasteiger partial charge in [-0.15, -0.1) is 0 Å². The van der Waals surface area contributed by atoms with E-state index in [1.54, 1.807) is 0 Å². The molecule has 9 nitrogen and oxygen atoms in total. The number of pyridine rings is 2. The van der Waals surface area contributed by atoms with Crippen LogP contribution in [0.2, 0.25) is 5.02 Å². The van der Waals surface area contributed by atoms with E-state index in [1.807, 2.05) is 6.07 Å². The highest BCUT2D eigenvalue weighted by molar-refractivity contribution is 6.31. The Labute approximate surface area is 241 Å². The molecule has 0 spiro atoms. The summed E-state index contributed by atoms with van der Waals surface area (Å²) in [7, 11) is 0. The number of carbonyl (C=O) groups is 3. The summed E-state index contributed by atoms with van der Waals surface area (Å²) in [6, 6.07) is 5.58. The molecule has 2 aromatic heterocycles. The minimum atomic E-state index is -2.98. The molecule has 1 aliphatic carbocycles. The van der Waals surface area contributed by atoms with Gasteiger partial charge in [0.05, 0.1) is 28.0 Å². The fourth-order valence-corrected chi connectivity index (χ4v) is 5.30. The maximum atomic E-state index is 14.5. The molecule has 5 rings (SSSR count). The first kappa shape index (κ1) is 28.9. The summed E-state index contributed by atoms with van der Waals surface area (Å²) in [6.07, 6.45) is 1.09. The van der Waals surface area contributed by atoms with E-state index < -0.39 is 71.9 Å². The van der Waals surface area contributed by atoms with E-state index in [4.69, 9.17) is 11.6 Å². The van der Waals surface area contributed by atoms with Crippen LogP contribution in [0.1, 0.15) is 43.0 Å². The fourth-order valence-electron chi connectivity index (χ4n) is 5.07. The number of rotatable bonds is 7. The molecular formula is C28H21ClF4N6O3. The monoisotopic (exact) mass is 600 g/mol. The SMILES string of the molecule is N#Cc1ccnc(N2C(=O)CC[C@H]2C(=O)N(c2cc(F)cc(F)c2)[C@H](C(=O)NC2CC(F)(F)C2)c2ncccc2Cl)c1. The Morgan fingerprint density at radius 2 is 1.83 bits per heavy atom. The van der Waals surface area contributed by atoms with Crippen molar-refractivity contribution in [1.82, 2.24) is 15.3 Å². The Balaban J connectivity index is 1.63. The van der Waals surface area contributed by atoms with E-state index >= 15 is 0 Å². The third-order valence-corrected chi connectivity index (χ3v) is 7.29. The van der Waals surface area contributed by atoms with Crippen molar-refractivity contribution in [2.75, 3.05) is 9.80 Å². The number of nitriles is 1. The van der Waals surface area contributed by atoms with Crippen molar-refractivity contribution in [3.05, 3.63) is 82.8 Å². The topological polar surface area (TPSA) is 119 Å². The average Bonchev–Trinajstić information content (AvgIpc) is 3.31. The molecule has 0 radical (unpaired) electrons. The summed E-state index contributed by atoms with van der Waals surface area (Å²) in [5.74, 6) is -7.59. The molecule has 1 aliphatic heterocycles. The standard InChI is InChI=1S/C28H21ClF4N6O3/c29-20-2-1-6-36-24(20)25(26(41)37-18-12-28(32,33)13-18)38(19-10-16(30)9-17(31)11-19)27(42)21-3-4-23(40)39(21)22-8-15(14-34)5-7-35-22/h1-2,5-11,18,21,25H,3-4,12-13H2,(H,37,41)/t21-,25-/m0/s1. The van der Waals surface area contributed by atoms with Crippen LogP contribution in [0.25, 0.3) is 0 Å². The van der Waals surface area contributed by atoms with Crippen LogP contribution in [0.5, 0.6) is 0 Å². The van der Waals surface area contributed by atoms with Gasteiger partial charge in [0.25, 0.3) is 11.8 Å². The van der Waals surface area contributed by atoms with Crippen molar-refractivity contribution in [2.24, 2.45) is 0 Å². The Bertz CT molecular complexity index is 1590. The summed E-state index contributed by atoms with van der Waals surface area (Å²) < 4.78 is 56.2. The summed E-state index contributed by atoms with van der Waals surface area (Å²) in [6.45, 7) is 0. The van der Waals surface area contributed by atoms with Gasteiger partial charge in [0, 0.05) is 43.8 Å². The van der Waals surface area contributed by atoms with Gasteiger partial charge in [-0.25, -0.2) is 22.5 Å². The molecule has 14 heteroatoms. The molecule has 2 atom stereocenters. The maximum Gasteiger partial charge on any atom is 0.252 e. The van der Waals surface area contributed by atoms with Gasteiger partial charge in [0.1, 0.15) is 23.5 Å². The van der Waals surface area contributed by atoms with Crippen molar-refractivity contribution in [3.8, 4) is 6.07 Å². The third-order valence-electron chi connectivity index (χ3n) is 6.97. The normalized spacial score (nSPS) is 18.6. The summed E-state index contributed by atoms with van der Waals surface area (Å²) in [4.78, 5) is 51.2. The van der Waals surface area contributed by atoms with Crippen LogP contribution in [0.15, 0.2) is 54.9 Å². The van der Waals surface area contributed by atoms with Gasteiger partial charge in [-0.3, -0.25) is 29.2 Å². The van der Waals surface area contributed by atoms with Crippen LogP contribution in [0.4, 0.5) is 29.1 Å². The van der Waals surface area contributed by atoms with E-state index in [-0.39, 0.29) is 34.9 Å². The van der Waals surface area contributed by atoms with Gasteiger partial charge in [-0.1, -0.05) is 11.6 Å². The zero-order valence-corrected chi connectivity index (χ0v) is 22.4. The molecule has 1 N–H and O–H groups in total. The molecule has 0 bridgehead atoms. The number of hydrogen-bond donors (Lipinski definition) is 1. The Morgan fingerprint density at radius 3 is 2.48 bits per heavy atom. The molecule has 42 heavy (non-hydrogen) atoms. The van der Waals surface area contributed by atoms with Crippen molar-refractivity contribution >= 4 is 40.8 Å². The molecule has 216 valence electrons. The number of carbonyl (C=O) groups excluding carboxylic acids is 3. The quantitative estimate of drug-likeness (QED) is 0.400. The lowest BCUT2D eigenvalue weighted by Gasteiger charge is -2.39. The van der Waals surface area contributed by atoms with E-state index in [1.165, 1.54) is 36.7 Å². The molecular weight excluding hydrogens is 580 g/mol. The predicted molar refractivity (Wildman–Crippen MR) is 141 cm³/mol. The molecule has 1 saturated carbocycles. The van der Waals surface area contributed by atoms with E-state index in [0.29, 0.717) is 6.07 Å². The lowest BCUT2D eigenvalue weighted by molar-refractivity contribution is -0.133. The second kappa shape index (κ2) is 11.4. The van der Waals surface area contributed by atoms with Crippen molar-refractivity contribution in [2.45, 2.75) is 49.7 Å². The number of nitrogens with one attached hydrogen (secondary N) is 1. The highest BCUT2D eigenvalue weighted by atomic mass is 35.5. The Hall–Kier alpha value is -4.57. The number of halogens is 5. The van der Waals surface area contributed by atoms with Crippen molar-refractivity contribution in [1.29, 1.82) is 5.26 Å². The van der Waals surface area contributed by atoms with Gasteiger partial charge in [0.2, 0.25) is 11.8 Å². The zero-order valence-electron chi connectivity index (χ0n) is 21.6. The van der Waals surface area contributed by atoms with Gasteiger partial charge >= 0.3 is 0 Å². The van der Waals surface area contributed by atoms with E-state index in [0.717, 1.165) is 21.9 Å². The maximum absolute atomic E-state index is 14.5. The molecule has 3 heterocycles. The minimum Gasteiger partial charge on any atom is -0.351 e. The first-order valence-corrected chi connectivity index (χ1v) is 13.1. The smallest absolute Gasteiger partial charge is 0.252 e. The number of aromatic nitrogens is 2. The third kappa shape index (κ3) is 5.75. The number of alkyl halides is 2. The highest BCUT2D eigenvalue weighted by Crippen LogP contribution is 2.39. The van der Waals surface area contributed by atoms with Gasteiger partial charge < -0.3 is 5.32 Å². The molecule has 2 fully saturated rings. The molecule has 3 amide bonds. The predicted octanol–water partition coefficient (Wildman–Crippen LogP) is 4.46. The molecule has 2 aliphatic rings. The Morgan fingerprint density at radius 1 is 1.12 bits per heavy atom.